The maximum Gasteiger partial charge on any atom is 0.254 e. The van der Waals surface area contributed by atoms with E-state index in [0.29, 0.717) is 19.6 Å². The maximum atomic E-state index is 14.2. The van der Waals surface area contributed by atoms with Crippen molar-refractivity contribution in [2.75, 3.05) is 19.6 Å². The Bertz CT molecular complexity index is 757. The Balaban J connectivity index is 2.08. The molecule has 2 rings (SSSR count). The van der Waals surface area contributed by atoms with Gasteiger partial charge in [0.2, 0.25) is 10.0 Å². The van der Waals surface area contributed by atoms with Crippen molar-refractivity contribution in [3.05, 3.63) is 29.6 Å². The highest BCUT2D eigenvalue weighted by Gasteiger charge is 2.32. The summed E-state index contributed by atoms with van der Waals surface area (Å²) in [6.45, 7) is 7.55. The van der Waals surface area contributed by atoms with E-state index < -0.39 is 21.7 Å². The van der Waals surface area contributed by atoms with Gasteiger partial charge in [0, 0.05) is 19.6 Å². The summed E-state index contributed by atoms with van der Waals surface area (Å²) in [6.07, 6.45) is 6.25. The van der Waals surface area contributed by atoms with Crippen LogP contribution in [0.5, 0.6) is 0 Å². The van der Waals surface area contributed by atoms with Crippen LogP contribution in [0, 0.1) is 17.7 Å². The average Bonchev–Trinajstić information content (AvgIpc) is 2.63. The molecule has 1 aromatic carbocycles. The maximum absolute atomic E-state index is 14.2. The van der Waals surface area contributed by atoms with E-state index in [-0.39, 0.29) is 22.3 Å². The van der Waals surface area contributed by atoms with Crippen LogP contribution in [-0.2, 0) is 10.0 Å². The topological polar surface area (TPSA) is 66.5 Å². The molecule has 1 amide bonds. The van der Waals surface area contributed by atoms with Crippen LogP contribution in [0.15, 0.2) is 23.1 Å². The van der Waals surface area contributed by atoms with E-state index in [1.165, 1.54) is 16.4 Å². The van der Waals surface area contributed by atoms with Crippen molar-refractivity contribution in [3.63, 3.8) is 0 Å². The number of carbonyl (C=O) groups excluding carboxylic acids is 1. The molecule has 1 fully saturated rings. The first kappa shape index (κ1) is 22.8. The summed E-state index contributed by atoms with van der Waals surface area (Å²) < 4.78 is 41.6. The van der Waals surface area contributed by atoms with Crippen LogP contribution >= 0.6 is 0 Å². The summed E-state index contributed by atoms with van der Waals surface area (Å²) in [5, 5.41) is 2.70. The van der Waals surface area contributed by atoms with Crippen LogP contribution in [0.4, 0.5) is 4.39 Å². The number of halogens is 1. The zero-order chi connectivity index (χ0) is 20.7. The SMILES string of the molecule is CCCCCCCNC(=O)c1cc(S(=O)(=O)N2C[C@H](C)C[C@H](C)C2)ccc1F. The van der Waals surface area contributed by atoms with Gasteiger partial charge in [-0.3, -0.25) is 4.79 Å². The molecule has 0 bridgehead atoms. The van der Waals surface area contributed by atoms with Crippen LogP contribution in [-0.4, -0.2) is 38.3 Å². The van der Waals surface area contributed by atoms with Crippen molar-refractivity contribution in [2.45, 2.75) is 64.2 Å². The minimum atomic E-state index is -3.75. The third-order valence-electron chi connectivity index (χ3n) is 5.22. The predicted octanol–water partition coefficient (Wildman–Crippen LogP) is 4.19. The third-order valence-corrected chi connectivity index (χ3v) is 7.05. The molecule has 0 spiro atoms. The summed E-state index contributed by atoms with van der Waals surface area (Å²) in [5.41, 5.74) is -0.215. The van der Waals surface area contributed by atoms with Crippen molar-refractivity contribution < 1.29 is 17.6 Å². The van der Waals surface area contributed by atoms with Crippen molar-refractivity contribution in [3.8, 4) is 0 Å². The quantitative estimate of drug-likeness (QED) is 0.619. The van der Waals surface area contributed by atoms with Gasteiger partial charge in [-0.2, -0.15) is 4.31 Å². The van der Waals surface area contributed by atoms with E-state index in [2.05, 4.69) is 12.2 Å². The van der Waals surface area contributed by atoms with Crippen molar-refractivity contribution in [2.24, 2.45) is 11.8 Å². The van der Waals surface area contributed by atoms with Crippen molar-refractivity contribution >= 4 is 15.9 Å². The lowest BCUT2D eigenvalue weighted by Gasteiger charge is -2.34. The van der Waals surface area contributed by atoms with Gasteiger partial charge in [-0.25, -0.2) is 12.8 Å². The summed E-state index contributed by atoms with van der Waals surface area (Å²) >= 11 is 0. The van der Waals surface area contributed by atoms with Gasteiger partial charge in [0.15, 0.2) is 0 Å². The molecule has 0 aromatic heterocycles. The highest BCUT2D eigenvalue weighted by molar-refractivity contribution is 7.89. The van der Waals surface area contributed by atoms with Gasteiger partial charge in [-0.1, -0.05) is 46.5 Å². The Morgan fingerprint density at radius 2 is 1.79 bits per heavy atom. The van der Waals surface area contributed by atoms with E-state index in [1.807, 2.05) is 13.8 Å². The lowest BCUT2D eigenvalue weighted by Crippen LogP contribution is -2.42. The number of amides is 1. The Morgan fingerprint density at radius 1 is 1.14 bits per heavy atom. The number of hydrogen-bond acceptors (Lipinski definition) is 3. The third kappa shape index (κ3) is 6.01. The second kappa shape index (κ2) is 10.3. The number of carbonyl (C=O) groups is 1. The van der Waals surface area contributed by atoms with E-state index in [9.17, 15) is 17.6 Å². The second-order valence-corrected chi connectivity index (χ2v) is 10.0. The zero-order valence-corrected chi connectivity index (χ0v) is 18.0. The molecule has 0 radical (unpaired) electrons. The van der Waals surface area contributed by atoms with E-state index in [0.717, 1.165) is 44.6 Å². The van der Waals surface area contributed by atoms with Crippen LogP contribution in [0.1, 0.15) is 69.7 Å². The molecule has 0 saturated carbocycles. The lowest BCUT2D eigenvalue weighted by atomic mass is 9.94. The molecule has 5 nitrogen and oxygen atoms in total. The highest BCUT2D eigenvalue weighted by atomic mass is 32.2. The molecule has 1 saturated heterocycles. The molecular formula is C21H33FN2O3S. The van der Waals surface area contributed by atoms with Gasteiger partial charge in [0.05, 0.1) is 10.5 Å². The number of nitrogens with one attached hydrogen (secondary N) is 1. The number of sulfonamides is 1. The number of rotatable bonds is 9. The van der Waals surface area contributed by atoms with Crippen molar-refractivity contribution in [1.29, 1.82) is 0 Å². The van der Waals surface area contributed by atoms with Crippen LogP contribution in [0.3, 0.4) is 0 Å². The van der Waals surface area contributed by atoms with Gasteiger partial charge in [-0.05, 0) is 42.9 Å². The first-order valence-corrected chi connectivity index (χ1v) is 11.8. The minimum Gasteiger partial charge on any atom is -0.352 e. The Hall–Kier alpha value is -1.47. The van der Waals surface area contributed by atoms with Gasteiger partial charge >= 0.3 is 0 Å². The molecule has 1 aliphatic rings. The molecule has 1 aromatic rings. The molecule has 158 valence electrons. The second-order valence-electron chi connectivity index (χ2n) is 8.08. The van der Waals surface area contributed by atoms with Gasteiger partial charge in [0.25, 0.3) is 5.91 Å². The number of piperidine rings is 1. The normalized spacial score (nSPS) is 20.9. The highest BCUT2D eigenvalue weighted by Crippen LogP contribution is 2.27. The fourth-order valence-electron chi connectivity index (χ4n) is 3.82. The molecule has 1 aliphatic heterocycles. The van der Waals surface area contributed by atoms with Crippen LogP contribution in [0.2, 0.25) is 0 Å². The van der Waals surface area contributed by atoms with Gasteiger partial charge in [0.1, 0.15) is 5.82 Å². The molecular weight excluding hydrogens is 379 g/mol. The van der Waals surface area contributed by atoms with E-state index in [1.54, 1.807) is 0 Å². The number of nitrogens with zero attached hydrogens (tertiary/aromatic N) is 1. The molecule has 1 N–H and O–H groups in total. The van der Waals surface area contributed by atoms with Crippen LogP contribution < -0.4 is 5.32 Å². The fraction of sp³-hybridized carbons (Fsp3) is 0.667. The first-order valence-electron chi connectivity index (χ1n) is 10.3. The standard InChI is InChI=1S/C21H33FN2O3S/c1-4-5-6-7-8-11-23-21(25)19-13-18(9-10-20(19)22)28(26,27)24-14-16(2)12-17(3)15-24/h9-10,13,16-17H,4-8,11-12,14-15H2,1-3H3,(H,23,25)/t16-,17+. The number of unbranched alkanes of at least 4 members (excludes halogenated alkanes) is 4. The summed E-state index contributed by atoms with van der Waals surface area (Å²) in [5.74, 6) is -0.725. The summed E-state index contributed by atoms with van der Waals surface area (Å²) in [7, 11) is -3.75. The Morgan fingerprint density at radius 3 is 2.43 bits per heavy atom. The smallest absolute Gasteiger partial charge is 0.254 e. The molecule has 2 atom stereocenters. The lowest BCUT2D eigenvalue weighted by molar-refractivity contribution is 0.0948. The largest absolute Gasteiger partial charge is 0.352 e. The molecule has 1 heterocycles. The Kier molecular flexibility index (Phi) is 8.43. The predicted molar refractivity (Wildman–Crippen MR) is 109 cm³/mol. The zero-order valence-electron chi connectivity index (χ0n) is 17.2. The first-order chi connectivity index (χ1) is 13.3. The molecule has 28 heavy (non-hydrogen) atoms. The fourth-order valence-corrected chi connectivity index (χ4v) is 5.52. The molecule has 7 heteroatoms. The summed E-state index contributed by atoms with van der Waals surface area (Å²) in [6, 6.07) is 3.48. The van der Waals surface area contributed by atoms with Crippen molar-refractivity contribution in [1.82, 2.24) is 9.62 Å². The molecule has 0 aliphatic carbocycles. The van der Waals surface area contributed by atoms with Gasteiger partial charge in [-0.15, -0.1) is 0 Å². The monoisotopic (exact) mass is 412 g/mol. The van der Waals surface area contributed by atoms with Crippen LogP contribution in [0.25, 0.3) is 0 Å². The summed E-state index contributed by atoms with van der Waals surface area (Å²) in [4.78, 5) is 12.3. The van der Waals surface area contributed by atoms with E-state index >= 15 is 0 Å². The average molecular weight is 413 g/mol. The van der Waals surface area contributed by atoms with E-state index in [4.69, 9.17) is 0 Å². The Labute approximate surface area is 168 Å². The molecule has 0 unspecified atom stereocenters. The minimum absolute atomic E-state index is 0.0247. The number of benzene rings is 1. The van der Waals surface area contributed by atoms with Gasteiger partial charge < -0.3 is 5.32 Å². The number of hydrogen-bond donors (Lipinski definition) is 1.